The van der Waals surface area contributed by atoms with Crippen molar-refractivity contribution >= 4 is 53.7 Å². The average molecular weight is 1880 g/mol. The molecule has 20 aliphatic rings. The van der Waals surface area contributed by atoms with E-state index in [9.17, 15) is 56.3 Å². The van der Waals surface area contributed by atoms with Gasteiger partial charge in [-0.15, -0.1) is 0 Å². The molecule has 0 aromatic carbocycles. The fourth-order valence-corrected chi connectivity index (χ4v) is 21.8. The molecule has 0 radical (unpaired) electrons. The van der Waals surface area contributed by atoms with Gasteiger partial charge in [-0.25, -0.2) is 0 Å². The lowest BCUT2D eigenvalue weighted by Crippen LogP contribution is -2.31. The minimum Gasteiger partial charge on any atom is -0.466 e. The Hall–Kier alpha value is -7.72. The summed E-state index contributed by atoms with van der Waals surface area (Å²) < 4.78 is 111. The molecule has 16 heterocycles. The minimum absolute atomic E-state index is 0. The van der Waals surface area contributed by atoms with Crippen LogP contribution >= 0.6 is 0 Å². The number of ether oxygens (including phenoxy) is 14. The SMILES string of the molecule is C.C.C1=CC2C=CC1C2.CC1=C(C(F)(F)F)C2C=CC1O2.CCCCCCCCCCCCOC(=O)C1C2C=CC(O2)C1C.CCCCCCCCCCOC(=O)C1C2C=CC(O2)C1C.CCCCCCOC(=O)C1C2C=CC(O2)C1C.CCCCOC(=O)C1C2C=CC(O2)C1C.CCOC(=O)C1C2C=CC(O2)C1C.O=C1OC(=O)C2C3C=CC(C3)C12.O=C1OC(=O)C2C3C=CC(O3)C12. The summed E-state index contributed by atoms with van der Waals surface area (Å²) in [4.78, 5) is 104. The maximum atomic E-state index is 12.3. The van der Waals surface area contributed by atoms with E-state index in [0.717, 1.165) is 56.8 Å². The largest absolute Gasteiger partial charge is 0.466 e. The molecular weight excluding hydrogens is 1720 g/mol. The second-order valence-electron chi connectivity index (χ2n) is 38.9. The van der Waals surface area contributed by atoms with Gasteiger partial charge in [-0.1, -0.05) is 327 Å². The molecule has 9 fully saturated rings. The van der Waals surface area contributed by atoms with E-state index in [-0.39, 0.29) is 225 Å². The van der Waals surface area contributed by atoms with Gasteiger partial charge >= 0.3 is 59.9 Å². The third-order valence-corrected chi connectivity index (χ3v) is 29.6. The lowest BCUT2D eigenvalue weighted by Gasteiger charge is -2.19. The third-order valence-electron chi connectivity index (χ3n) is 29.6. The number of rotatable bonds is 34. The molecule has 4 aliphatic carbocycles. The molecule has 0 N–H and O–H groups in total. The van der Waals surface area contributed by atoms with E-state index in [0.29, 0.717) is 38.6 Å². The standard InChI is InChI=1S/C20H34O3.C18H30O3.C14H22O3.C12H18O3.C10H14O3.C9H8O3.C8H7F3O.C8H6O4.C7H8.2CH4/c1-3-4-5-6-7-8-9-10-11-12-15-22-20(21)19-16(2)17-13-14-18(19)23-17;1-3-4-5-6-7-8-9-10-13-20-18(19)17-14(2)15-11-12-16(17)21-15;1-3-4-5-6-9-16-14(15)13-10(2)11-7-8-12(13)17-11;1-3-4-7-14-12(13)11-8(2)9-5-6-10(11)15-9;1-3-12-10(11)9-6(2)7-4-5-8(9)13-7;10-8-6-4-1-2-5(3-4)7(6)9(11)12-8;1-4-5-2-3-6(12-5)7(4)8(9,10)11;9-7-5-3-1-2-4(11-3)6(5)8(10)12-7;1-2-7-4-3-6(1)5-7;;/h13-14,16-19H,3-12,15H2,1-2H3;11-12,14-17H,3-10,13H2,1-2H3;7-8,10-13H,3-6,9H2,1-2H3;5-6,8-11H,3-4,7H2,1-2H3;4-9H,3H2,1-2H3;1-2,4-7H,3H2;2-3,5-6H,1H3;1-6H;1-4,6-7H,5H2;2*1H4. The van der Waals surface area contributed by atoms with Crippen molar-refractivity contribution in [3.8, 4) is 0 Å². The Bertz CT molecular complexity index is 4080. The number of halogens is 3. The van der Waals surface area contributed by atoms with Crippen LogP contribution in [0.5, 0.6) is 0 Å². The maximum absolute atomic E-state index is 12.3. The number of carbonyl (C=O) groups excluding carboxylic acids is 9. The average Bonchev–Trinajstić information content (AvgIpc) is 1.58. The van der Waals surface area contributed by atoms with Crippen molar-refractivity contribution in [3.63, 3.8) is 0 Å². The number of hydrogen-bond donors (Lipinski definition) is 0. The van der Waals surface area contributed by atoms with Crippen molar-refractivity contribution in [1.82, 2.24) is 0 Å². The summed E-state index contributed by atoms with van der Waals surface area (Å²) in [6, 6.07) is 0. The minimum atomic E-state index is -4.24. The van der Waals surface area contributed by atoms with Crippen LogP contribution in [0.2, 0.25) is 0 Å². The number of alkyl halides is 3. The molecule has 20 rings (SSSR count). The monoisotopic (exact) mass is 1880 g/mol. The number of fused-ring (bicyclic) bond motifs is 24. The summed E-state index contributed by atoms with van der Waals surface area (Å²) in [6.45, 7) is 25.1. The number of allylic oxidation sites excluding steroid dienone is 6. The zero-order chi connectivity index (χ0) is 94.3. The molecule has 0 aromatic rings. The van der Waals surface area contributed by atoms with E-state index in [4.69, 9.17) is 56.8 Å². The van der Waals surface area contributed by atoms with Gasteiger partial charge in [0, 0.05) is 29.6 Å². The Morgan fingerprint density at radius 2 is 0.552 bits per heavy atom. The number of hydrogen-bond acceptors (Lipinski definition) is 23. The zero-order valence-electron chi connectivity index (χ0n) is 79.5. The fraction of sp³-hybridized carbons (Fsp3) is 0.713. The van der Waals surface area contributed by atoms with E-state index in [2.05, 4.69) is 107 Å². The van der Waals surface area contributed by atoms with E-state index in [1.165, 1.54) is 135 Å². The van der Waals surface area contributed by atoms with E-state index >= 15 is 0 Å². The Labute approximate surface area is 794 Å². The number of cyclic esters (lactones) is 4. The molecule has 746 valence electrons. The van der Waals surface area contributed by atoms with Crippen molar-refractivity contribution in [2.24, 2.45) is 107 Å². The molecule has 8 saturated heterocycles. The van der Waals surface area contributed by atoms with Crippen molar-refractivity contribution in [2.75, 3.05) is 33.0 Å². The van der Waals surface area contributed by atoms with Gasteiger partial charge in [-0.05, 0) is 81.6 Å². The number of carbonyl (C=O) groups is 9. The highest BCUT2D eigenvalue weighted by molar-refractivity contribution is 5.99. The van der Waals surface area contributed by atoms with Gasteiger partial charge in [0.25, 0.3) is 0 Å². The first kappa shape index (κ1) is 108. The molecule has 0 spiro atoms. The molecule has 18 bridgehead atoms. The Morgan fingerprint density at radius 1 is 0.299 bits per heavy atom. The van der Waals surface area contributed by atoms with Crippen LogP contribution in [-0.2, 0) is 109 Å². The summed E-state index contributed by atoms with van der Waals surface area (Å²) in [5, 5.41) is 0. The number of esters is 9. The summed E-state index contributed by atoms with van der Waals surface area (Å²) >= 11 is 0. The van der Waals surface area contributed by atoms with Crippen LogP contribution in [0, 0.1) is 107 Å². The predicted molar refractivity (Wildman–Crippen MR) is 501 cm³/mol. The van der Waals surface area contributed by atoms with Crippen LogP contribution in [0.25, 0.3) is 0 Å². The Kier molecular flexibility index (Phi) is 42.3. The Morgan fingerprint density at radius 3 is 0.806 bits per heavy atom. The summed E-state index contributed by atoms with van der Waals surface area (Å²) in [7, 11) is 0. The first-order chi connectivity index (χ1) is 63.7. The molecule has 23 nitrogen and oxygen atoms in total. The van der Waals surface area contributed by atoms with E-state index in [1.807, 2.05) is 80.7 Å². The van der Waals surface area contributed by atoms with Crippen LogP contribution in [-0.4, -0.2) is 178 Å². The topological polar surface area (TPSA) is 283 Å². The maximum Gasteiger partial charge on any atom is 0.415 e. The molecule has 1 saturated carbocycles. The van der Waals surface area contributed by atoms with Crippen molar-refractivity contribution in [3.05, 3.63) is 133 Å². The molecule has 0 amide bonds. The van der Waals surface area contributed by atoms with Gasteiger partial charge in [-0.2, -0.15) is 13.2 Å². The smallest absolute Gasteiger partial charge is 0.415 e. The normalized spacial score (nSPS) is 36.0. The molecule has 30 unspecified atom stereocenters. The van der Waals surface area contributed by atoms with Gasteiger partial charge < -0.3 is 66.3 Å². The van der Waals surface area contributed by atoms with Gasteiger partial charge in [0.1, 0.15) is 17.9 Å². The van der Waals surface area contributed by atoms with Gasteiger partial charge in [-0.3, -0.25) is 43.2 Å². The van der Waals surface area contributed by atoms with Crippen LogP contribution in [0.1, 0.15) is 258 Å². The first-order valence-electron chi connectivity index (χ1n) is 50.2. The van der Waals surface area contributed by atoms with Crippen LogP contribution in [0.3, 0.4) is 0 Å². The third kappa shape index (κ3) is 27.2. The molecule has 16 aliphatic heterocycles. The number of unbranched alkanes of at least 4 members (excludes halogenated alkanes) is 20. The molecule has 0 aromatic heterocycles. The summed E-state index contributed by atoms with van der Waals surface area (Å²) in [5.41, 5.74) is -0.218. The Balaban J connectivity index is 0.000000158. The van der Waals surface area contributed by atoms with Crippen LogP contribution < -0.4 is 0 Å². The summed E-state index contributed by atoms with van der Waals surface area (Å²) in [5.74, 6) is 0.108. The second kappa shape index (κ2) is 52.3. The highest BCUT2D eigenvalue weighted by atomic mass is 19.4. The van der Waals surface area contributed by atoms with E-state index in [1.54, 1.807) is 6.08 Å². The van der Waals surface area contributed by atoms with Crippen molar-refractivity contribution in [2.45, 2.75) is 350 Å². The molecule has 30 atom stereocenters. The molecular formula is C108H155F3O23. The van der Waals surface area contributed by atoms with Crippen molar-refractivity contribution in [1.29, 1.82) is 0 Å². The lowest BCUT2D eigenvalue weighted by molar-refractivity contribution is -0.157. The molecule has 26 heteroatoms. The second-order valence-corrected chi connectivity index (χ2v) is 38.9. The quantitative estimate of drug-likeness (QED) is 0.0190. The molecule has 134 heavy (non-hydrogen) atoms. The fourth-order valence-electron chi connectivity index (χ4n) is 21.8. The van der Waals surface area contributed by atoms with Crippen molar-refractivity contribution < 1.29 is 123 Å². The van der Waals surface area contributed by atoms with Gasteiger partial charge in [0.15, 0.2) is 0 Å². The highest BCUT2D eigenvalue weighted by Gasteiger charge is 2.61. The highest BCUT2D eigenvalue weighted by Crippen LogP contribution is 2.53. The predicted octanol–water partition coefficient (Wildman–Crippen LogP) is 20.4. The lowest BCUT2D eigenvalue weighted by atomic mass is 9.84. The summed E-state index contributed by atoms with van der Waals surface area (Å²) in [6.07, 6.45) is 66.7. The zero-order valence-corrected chi connectivity index (χ0v) is 79.5. The van der Waals surface area contributed by atoms with Crippen LogP contribution in [0.4, 0.5) is 13.2 Å². The van der Waals surface area contributed by atoms with Gasteiger partial charge in [0.2, 0.25) is 0 Å². The van der Waals surface area contributed by atoms with Crippen LogP contribution in [0.15, 0.2) is 133 Å². The van der Waals surface area contributed by atoms with Gasteiger partial charge in [0.05, 0.1) is 159 Å². The first-order valence-corrected chi connectivity index (χ1v) is 50.2. The van der Waals surface area contributed by atoms with E-state index < -0.39 is 35.9 Å².